The number of benzene rings is 2. The van der Waals surface area contributed by atoms with Crippen molar-refractivity contribution in [2.24, 2.45) is 0 Å². The molecule has 1 amide bonds. The van der Waals surface area contributed by atoms with Gasteiger partial charge in [-0.05, 0) is 54.4 Å². The summed E-state index contributed by atoms with van der Waals surface area (Å²) in [5.41, 5.74) is 3.85. The molecule has 2 N–H and O–H groups in total. The molecule has 0 radical (unpaired) electrons. The molecule has 0 fully saturated rings. The highest BCUT2D eigenvalue weighted by molar-refractivity contribution is 6.04. The minimum atomic E-state index is -0.112. The number of ether oxygens (including phenoxy) is 1. The van der Waals surface area contributed by atoms with Gasteiger partial charge in [0.05, 0.1) is 7.11 Å². The lowest BCUT2D eigenvalue weighted by Gasteiger charge is -2.08. The third-order valence-electron chi connectivity index (χ3n) is 3.43. The summed E-state index contributed by atoms with van der Waals surface area (Å²) in [7, 11) is 1.60. The number of methoxy groups -OCH3 is 1. The van der Waals surface area contributed by atoms with E-state index in [0.29, 0.717) is 5.56 Å². The molecule has 0 saturated heterocycles. The maximum atomic E-state index is 12.1. The van der Waals surface area contributed by atoms with Crippen LogP contribution in [0.2, 0.25) is 0 Å². The largest absolute Gasteiger partial charge is 0.497 e. The van der Waals surface area contributed by atoms with Gasteiger partial charge in [0.25, 0.3) is 5.91 Å². The van der Waals surface area contributed by atoms with Crippen LogP contribution < -0.4 is 15.4 Å². The Kier molecular flexibility index (Phi) is 3.29. The van der Waals surface area contributed by atoms with Crippen LogP contribution in [-0.4, -0.2) is 19.6 Å². The van der Waals surface area contributed by atoms with Crippen LogP contribution in [0.5, 0.6) is 5.75 Å². The number of rotatable bonds is 3. The quantitative estimate of drug-likeness (QED) is 0.900. The van der Waals surface area contributed by atoms with Gasteiger partial charge in [-0.1, -0.05) is 0 Å². The van der Waals surface area contributed by atoms with Crippen LogP contribution in [0.4, 0.5) is 11.4 Å². The molecule has 2 aromatic rings. The second-order valence-electron chi connectivity index (χ2n) is 4.73. The fraction of sp³-hybridized carbons (Fsp3) is 0.188. The van der Waals surface area contributed by atoms with Gasteiger partial charge in [-0.15, -0.1) is 0 Å². The van der Waals surface area contributed by atoms with E-state index < -0.39 is 0 Å². The smallest absolute Gasteiger partial charge is 0.255 e. The van der Waals surface area contributed by atoms with Crippen molar-refractivity contribution in [1.82, 2.24) is 0 Å². The van der Waals surface area contributed by atoms with Crippen molar-refractivity contribution in [2.45, 2.75) is 6.42 Å². The highest BCUT2D eigenvalue weighted by Gasteiger charge is 2.12. The van der Waals surface area contributed by atoms with Gasteiger partial charge >= 0.3 is 0 Å². The summed E-state index contributed by atoms with van der Waals surface area (Å²) in [6.07, 6.45) is 1.00. The van der Waals surface area contributed by atoms with Gasteiger partial charge in [0.15, 0.2) is 0 Å². The molecule has 0 atom stereocenters. The Labute approximate surface area is 117 Å². The molecule has 0 unspecified atom stereocenters. The van der Waals surface area contributed by atoms with Crippen molar-refractivity contribution in [3.05, 3.63) is 53.6 Å². The molecule has 2 aromatic carbocycles. The highest BCUT2D eigenvalue weighted by atomic mass is 16.5. The summed E-state index contributed by atoms with van der Waals surface area (Å²) in [6, 6.07) is 13.0. The summed E-state index contributed by atoms with van der Waals surface area (Å²) < 4.78 is 5.08. The maximum Gasteiger partial charge on any atom is 0.255 e. The van der Waals surface area contributed by atoms with Crippen molar-refractivity contribution in [1.29, 1.82) is 0 Å². The van der Waals surface area contributed by atoms with Gasteiger partial charge < -0.3 is 15.4 Å². The highest BCUT2D eigenvalue weighted by Crippen LogP contribution is 2.25. The van der Waals surface area contributed by atoms with Crippen molar-refractivity contribution in [2.75, 3.05) is 24.3 Å². The molecular formula is C16H16N2O2. The molecule has 0 saturated carbocycles. The van der Waals surface area contributed by atoms with Crippen LogP contribution in [0.1, 0.15) is 15.9 Å². The maximum absolute atomic E-state index is 12.1. The number of amides is 1. The Hall–Kier alpha value is -2.49. The molecule has 1 aliphatic heterocycles. The predicted molar refractivity (Wildman–Crippen MR) is 79.6 cm³/mol. The molecule has 20 heavy (non-hydrogen) atoms. The lowest BCUT2D eigenvalue weighted by atomic mass is 10.1. The number of nitrogens with one attached hydrogen (secondary N) is 2. The van der Waals surface area contributed by atoms with E-state index in [1.165, 1.54) is 5.56 Å². The van der Waals surface area contributed by atoms with Crippen LogP contribution in [0.25, 0.3) is 0 Å². The van der Waals surface area contributed by atoms with Gasteiger partial charge in [0, 0.05) is 23.5 Å². The number of carbonyl (C=O) groups excluding carboxylic acids is 1. The van der Waals surface area contributed by atoms with E-state index in [9.17, 15) is 4.79 Å². The van der Waals surface area contributed by atoms with E-state index in [-0.39, 0.29) is 5.91 Å². The third-order valence-corrected chi connectivity index (χ3v) is 3.43. The normalized spacial score (nSPS) is 12.4. The molecule has 0 spiro atoms. The van der Waals surface area contributed by atoms with E-state index in [1.807, 2.05) is 18.2 Å². The average molecular weight is 268 g/mol. The summed E-state index contributed by atoms with van der Waals surface area (Å²) in [5.74, 6) is 0.628. The van der Waals surface area contributed by atoms with E-state index in [1.54, 1.807) is 31.4 Å². The van der Waals surface area contributed by atoms with Crippen molar-refractivity contribution >= 4 is 17.3 Å². The van der Waals surface area contributed by atoms with Crippen LogP contribution in [0.3, 0.4) is 0 Å². The van der Waals surface area contributed by atoms with Gasteiger partial charge in [0.2, 0.25) is 0 Å². The lowest BCUT2D eigenvalue weighted by molar-refractivity contribution is 0.102. The number of hydrogen-bond donors (Lipinski definition) is 2. The zero-order valence-corrected chi connectivity index (χ0v) is 11.3. The Balaban J connectivity index is 1.75. The van der Waals surface area contributed by atoms with Gasteiger partial charge in [-0.2, -0.15) is 0 Å². The SMILES string of the molecule is COc1ccc(C(=O)Nc2ccc3c(c2)CCN3)cc1. The second-order valence-corrected chi connectivity index (χ2v) is 4.73. The molecule has 3 rings (SSSR count). The summed E-state index contributed by atoms with van der Waals surface area (Å²) >= 11 is 0. The molecule has 0 aromatic heterocycles. The summed E-state index contributed by atoms with van der Waals surface area (Å²) in [4.78, 5) is 12.1. The monoisotopic (exact) mass is 268 g/mol. The Bertz CT molecular complexity index is 635. The van der Waals surface area contributed by atoms with Gasteiger partial charge in [-0.25, -0.2) is 0 Å². The summed E-state index contributed by atoms with van der Waals surface area (Å²) in [5, 5.41) is 6.22. The lowest BCUT2D eigenvalue weighted by Crippen LogP contribution is -2.11. The van der Waals surface area contributed by atoms with Crippen LogP contribution >= 0.6 is 0 Å². The van der Waals surface area contributed by atoms with E-state index in [4.69, 9.17) is 4.74 Å². The zero-order chi connectivity index (χ0) is 13.9. The van der Waals surface area contributed by atoms with Crippen LogP contribution in [0.15, 0.2) is 42.5 Å². The molecule has 0 aliphatic carbocycles. The zero-order valence-electron chi connectivity index (χ0n) is 11.3. The minimum absolute atomic E-state index is 0.112. The topological polar surface area (TPSA) is 50.4 Å². The Morgan fingerprint density at radius 1 is 1.20 bits per heavy atom. The third kappa shape index (κ3) is 2.45. The standard InChI is InChI=1S/C16H16N2O2/c1-20-14-5-2-11(3-6-14)16(19)18-13-4-7-15-12(10-13)8-9-17-15/h2-7,10,17H,8-9H2,1H3,(H,18,19). The minimum Gasteiger partial charge on any atom is -0.497 e. The number of anilines is 2. The Morgan fingerprint density at radius 2 is 2.00 bits per heavy atom. The number of carbonyl (C=O) groups is 1. The fourth-order valence-electron chi connectivity index (χ4n) is 2.33. The van der Waals surface area contributed by atoms with Gasteiger partial charge in [-0.3, -0.25) is 4.79 Å². The number of hydrogen-bond acceptors (Lipinski definition) is 3. The molecular weight excluding hydrogens is 252 g/mol. The van der Waals surface area contributed by atoms with E-state index in [2.05, 4.69) is 10.6 Å². The average Bonchev–Trinajstić information content (AvgIpc) is 2.95. The summed E-state index contributed by atoms with van der Waals surface area (Å²) in [6.45, 7) is 0.964. The molecule has 1 aliphatic rings. The van der Waals surface area contributed by atoms with Gasteiger partial charge in [0.1, 0.15) is 5.75 Å². The first kappa shape index (κ1) is 12.5. The molecule has 4 heteroatoms. The molecule has 102 valence electrons. The van der Waals surface area contributed by atoms with E-state index >= 15 is 0 Å². The Morgan fingerprint density at radius 3 is 2.75 bits per heavy atom. The first-order chi connectivity index (χ1) is 9.76. The van der Waals surface area contributed by atoms with Crippen molar-refractivity contribution < 1.29 is 9.53 Å². The van der Waals surface area contributed by atoms with Crippen molar-refractivity contribution in [3.63, 3.8) is 0 Å². The van der Waals surface area contributed by atoms with Crippen LogP contribution in [-0.2, 0) is 6.42 Å². The van der Waals surface area contributed by atoms with Crippen LogP contribution in [0, 0.1) is 0 Å². The molecule has 4 nitrogen and oxygen atoms in total. The molecule has 0 bridgehead atoms. The number of fused-ring (bicyclic) bond motifs is 1. The predicted octanol–water partition coefficient (Wildman–Crippen LogP) is 2.92. The first-order valence-corrected chi connectivity index (χ1v) is 6.58. The first-order valence-electron chi connectivity index (χ1n) is 6.58. The second kappa shape index (κ2) is 5.25. The fourth-order valence-corrected chi connectivity index (χ4v) is 2.33. The van der Waals surface area contributed by atoms with E-state index in [0.717, 1.165) is 30.1 Å². The van der Waals surface area contributed by atoms with Crippen molar-refractivity contribution in [3.8, 4) is 5.75 Å². The molecule has 1 heterocycles.